The quantitative estimate of drug-likeness (QED) is 0.584. The van der Waals surface area contributed by atoms with Crippen LogP contribution in [0.25, 0.3) is 16.6 Å². The van der Waals surface area contributed by atoms with Crippen molar-refractivity contribution in [3.63, 3.8) is 0 Å². The summed E-state index contributed by atoms with van der Waals surface area (Å²) in [6.45, 7) is 2.01. The van der Waals surface area contributed by atoms with E-state index in [0.717, 1.165) is 22.5 Å². The third-order valence-electron chi connectivity index (χ3n) is 5.40. The molecular weight excluding hydrogens is 362 g/mol. The van der Waals surface area contributed by atoms with Crippen LogP contribution in [0.4, 0.5) is 5.69 Å². The Balaban J connectivity index is 1.70. The van der Waals surface area contributed by atoms with Gasteiger partial charge in [0.05, 0.1) is 22.5 Å². The summed E-state index contributed by atoms with van der Waals surface area (Å²) in [7, 11) is 0. The van der Waals surface area contributed by atoms with Gasteiger partial charge in [-0.15, -0.1) is 0 Å². The number of nitrogens with one attached hydrogen (secondary N) is 1. The number of aromatic nitrogens is 2. The van der Waals surface area contributed by atoms with Gasteiger partial charge in [0.25, 0.3) is 5.56 Å². The van der Waals surface area contributed by atoms with E-state index in [1.165, 1.54) is 0 Å². The van der Waals surface area contributed by atoms with Gasteiger partial charge in [0.15, 0.2) is 0 Å². The molecule has 1 N–H and O–H groups in total. The van der Waals surface area contributed by atoms with Crippen molar-refractivity contribution in [3.05, 3.63) is 100 Å². The Hall–Kier alpha value is -3.73. The molecule has 29 heavy (non-hydrogen) atoms. The molecule has 3 aromatic carbocycles. The Bertz CT molecular complexity index is 1310. The summed E-state index contributed by atoms with van der Waals surface area (Å²) >= 11 is 0. The van der Waals surface area contributed by atoms with Crippen molar-refractivity contribution in [2.24, 2.45) is 0 Å². The summed E-state index contributed by atoms with van der Waals surface area (Å²) in [5.74, 6) is 0.134. The van der Waals surface area contributed by atoms with Gasteiger partial charge >= 0.3 is 0 Å². The van der Waals surface area contributed by atoms with Gasteiger partial charge in [-0.25, -0.2) is 4.98 Å². The maximum absolute atomic E-state index is 13.3. The molecule has 0 radical (unpaired) electrons. The highest BCUT2D eigenvalue weighted by Crippen LogP contribution is 2.35. The van der Waals surface area contributed by atoms with E-state index in [0.29, 0.717) is 23.1 Å². The molecule has 0 saturated carbocycles. The molecule has 5 heteroatoms. The van der Waals surface area contributed by atoms with Crippen LogP contribution in [0.15, 0.2) is 77.6 Å². The minimum Gasteiger partial charge on any atom is -0.325 e. The lowest BCUT2D eigenvalue weighted by molar-refractivity contribution is -0.117. The van der Waals surface area contributed by atoms with Crippen LogP contribution in [0.3, 0.4) is 0 Å². The van der Waals surface area contributed by atoms with E-state index in [9.17, 15) is 9.59 Å². The van der Waals surface area contributed by atoms with Gasteiger partial charge in [-0.05, 0) is 42.8 Å². The van der Waals surface area contributed by atoms with E-state index in [-0.39, 0.29) is 17.4 Å². The largest absolute Gasteiger partial charge is 0.325 e. The highest BCUT2D eigenvalue weighted by atomic mass is 16.2. The van der Waals surface area contributed by atoms with E-state index in [1.54, 1.807) is 10.6 Å². The van der Waals surface area contributed by atoms with Crippen LogP contribution < -0.4 is 10.9 Å². The van der Waals surface area contributed by atoms with Gasteiger partial charge in [0.2, 0.25) is 5.91 Å². The van der Waals surface area contributed by atoms with Gasteiger partial charge in [-0.2, -0.15) is 0 Å². The number of para-hydroxylation sites is 2. The number of hydrogen-bond acceptors (Lipinski definition) is 3. The number of hydrogen-bond donors (Lipinski definition) is 1. The summed E-state index contributed by atoms with van der Waals surface area (Å²) in [6, 6.07) is 22.7. The second kappa shape index (κ2) is 6.71. The molecule has 1 aromatic heterocycles. The molecule has 142 valence electrons. The molecule has 5 rings (SSSR count). The van der Waals surface area contributed by atoms with Gasteiger partial charge in [-0.1, -0.05) is 48.0 Å². The standard InChI is InChI=1S/C24H19N3O2/c1-15-11-12-21-18(13-15)19(23(28)26-21)14-22-25-20-10-6-5-9-17(20)24(29)27(22)16-7-3-2-4-8-16/h2-13,19H,14H2,1H3,(H,26,28)/t19-/m0/s1. The van der Waals surface area contributed by atoms with E-state index in [4.69, 9.17) is 4.98 Å². The van der Waals surface area contributed by atoms with E-state index in [1.807, 2.05) is 73.7 Å². The Morgan fingerprint density at radius 1 is 0.966 bits per heavy atom. The van der Waals surface area contributed by atoms with Crippen molar-refractivity contribution in [2.75, 3.05) is 5.32 Å². The Kier molecular flexibility index (Phi) is 4.02. The van der Waals surface area contributed by atoms with Gasteiger partial charge in [-0.3, -0.25) is 14.2 Å². The third kappa shape index (κ3) is 2.91. The molecule has 1 aliphatic rings. The highest BCUT2D eigenvalue weighted by Gasteiger charge is 2.32. The minimum atomic E-state index is -0.382. The average molecular weight is 381 g/mol. The predicted molar refractivity (Wildman–Crippen MR) is 114 cm³/mol. The number of carbonyl (C=O) groups is 1. The fourth-order valence-corrected chi connectivity index (χ4v) is 3.99. The first-order chi connectivity index (χ1) is 14.1. The van der Waals surface area contributed by atoms with E-state index in [2.05, 4.69) is 5.32 Å². The molecule has 4 aromatic rings. The van der Waals surface area contributed by atoms with E-state index >= 15 is 0 Å². The zero-order valence-corrected chi connectivity index (χ0v) is 15.9. The number of nitrogens with zero attached hydrogens (tertiary/aromatic N) is 2. The summed E-state index contributed by atoms with van der Waals surface area (Å²) in [4.78, 5) is 30.8. The normalized spacial score (nSPS) is 15.3. The number of benzene rings is 3. The number of aryl methyl sites for hydroxylation is 1. The van der Waals surface area contributed by atoms with Crippen LogP contribution in [0.2, 0.25) is 0 Å². The van der Waals surface area contributed by atoms with Gasteiger partial charge in [0.1, 0.15) is 5.82 Å². The summed E-state index contributed by atoms with van der Waals surface area (Å²) in [6.07, 6.45) is 0.344. The van der Waals surface area contributed by atoms with Crippen molar-refractivity contribution in [3.8, 4) is 5.69 Å². The first-order valence-corrected chi connectivity index (χ1v) is 9.59. The average Bonchev–Trinajstić information content (AvgIpc) is 3.03. The zero-order chi connectivity index (χ0) is 20.0. The van der Waals surface area contributed by atoms with E-state index < -0.39 is 0 Å². The SMILES string of the molecule is Cc1ccc2c(c1)[C@H](Cc1nc3ccccc3c(=O)n1-c1ccccc1)C(=O)N2. The lowest BCUT2D eigenvalue weighted by Gasteiger charge is -2.16. The molecular formula is C24H19N3O2. The van der Waals surface area contributed by atoms with Crippen LogP contribution in [0.1, 0.15) is 22.9 Å². The fraction of sp³-hybridized carbons (Fsp3) is 0.125. The third-order valence-corrected chi connectivity index (χ3v) is 5.40. The maximum atomic E-state index is 13.3. The number of fused-ring (bicyclic) bond motifs is 2. The summed E-state index contributed by atoms with van der Waals surface area (Å²) in [5.41, 5.74) is 4.14. The molecule has 0 saturated heterocycles. The summed E-state index contributed by atoms with van der Waals surface area (Å²) in [5, 5.41) is 3.51. The van der Waals surface area contributed by atoms with Crippen LogP contribution in [-0.4, -0.2) is 15.5 Å². The molecule has 1 amide bonds. The van der Waals surface area contributed by atoms with Crippen LogP contribution >= 0.6 is 0 Å². The van der Waals surface area contributed by atoms with Crippen LogP contribution in [0.5, 0.6) is 0 Å². The molecule has 0 spiro atoms. The smallest absolute Gasteiger partial charge is 0.265 e. The Labute approximate surface area is 167 Å². The minimum absolute atomic E-state index is 0.0624. The topological polar surface area (TPSA) is 64.0 Å². The fourth-order valence-electron chi connectivity index (χ4n) is 3.99. The number of anilines is 1. The van der Waals surface area contributed by atoms with Crippen molar-refractivity contribution in [1.82, 2.24) is 9.55 Å². The number of rotatable bonds is 3. The molecule has 0 fully saturated rings. The van der Waals surface area contributed by atoms with Crippen molar-refractivity contribution in [1.29, 1.82) is 0 Å². The second-order valence-corrected chi connectivity index (χ2v) is 7.36. The number of carbonyl (C=O) groups excluding carboxylic acids is 1. The van der Waals surface area contributed by atoms with Crippen LogP contribution in [0, 0.1) is 6.92 Å². The van der Waals surface area contributed by atoms with Gasteiger partial charge < -0.3 is 5.32 Å². The summed E-state index contributed by atoms with van der Waals surface area (Å²) < 4.78 is 1.63. The molecule has 5 nitrogen and oxygen atoms in total. The second-order valence-electron chi connectivity index (χ2n) is 7.36. The number of amides is 1. The van der Waals surface area contributed by atoms with Crippen molar-refractivity contribution < 1.29 is 4.79 Å². The lowest BCUT2D eigenvalue weighted by Crippen LogP contribution is -2.26. The Morgan fingerprint density at radius 3 is 2.55 bits per heavy atom. The molecule has 1 aliphatic heterocycles. The maximum Gasteiger partial charge on any atom is 0.265 e. The first kappa shape index (κ1) is 17.4. The van der Waals surface area contributed by atoms with Gasteiger partial charge in [0, 0.05) is 12.1 Å². The molecule has 0 aliphatic carbocycles. The highest BCUT2D eigenvalue weighted by molar-refractivity contribution is 6.03. The predicted octanol–water partition coefficient (Wildman–Crippen LogP) is 3.97. The van der Waals surface area contributed by atoms with Crippen molar-refractivity contribution >= 4 is 22.5 Å². The first-order valence-electron chi connectivity index (χ1n) is 9.59. The van der Waals surface area contributed by atoms with Crippen molar-refractivity contribution in [2.45, 2.75) is 19.3 Å². The molecule has 0 unspecified atom stereocenters. The molecule has 0 bridgehead atoms. The Morgan fingerprint density at radius 2 is 1.72 bits per heavy atom. The zero-order valence-electron chi connectivity index (χ0n) is 15.9. The van der Waals surface area contributed by atoms with Crippen LogP contribution in [-0.2, 0) is 11.2 Å². The lowest BCUT2D eigenvalue weighted by atomic mass is 9.95. The molecule has 2 heterocycles. The molecule has 1 atom stereocenters. The monoisotopic (exact) mass is 381 g/mol.